The minimum absolute atomic E-state index is 0.0151. The molecule has 0 aliphatic heterocycles. The molecule has 0 bridgehead atoms. The lowest BCUT2D eigenvalue weighted by atomic mass is 9.89. The number of phosphoric acid groups is 1. The lowest BCUT2D eigenvalue weighted by Crippen LogP contribution is -2.30. The molecule has 0 rings (SSSR count). The molecule has 2 N–H and O–H groups in total. The van der Waals surface area contributed by atoms with Crippen molar-refractivity contribution in [1.29, 1.82) is 0 Å². The minimum atomic E-state index is -4.61. The SMILES string of the molecule is CCC(C)CCCCCCCCCCC(=O)OC[C@@H](COP(=O)([O-])OCCN)OC(=O)CCCCCCCCCCC(C)(C)C. The average Bonchev–Trinajstić information content (AvgIpc) is 2.98. The van der Waals surface area contributed by atoms with E-state index >= 15 is 0 Å². The van der Waals surface area contributed by atoms with Crippen molar-refractivity contribution < 1.29 is 37.6 Å². The highest BCUT2D eigenvalue weighted by Gasteiger charge is 2.21. The highest BCUT2D eigenvalue weighted by Crippen LogP contribution is 2.38. The van der Waals surface area contributed by atoms with Crippen LogP contribution in [0.25, 0.3) is 0 Å². The smallest absolute Gasteiger partial charge is 0.306 e. The van der Waals surface area contributed by atoms with Crippen LogP contribution in [0, 0.1) is 11.3 Å². The van der Waals surface area contributed by atoms with Gasteiger partial charge in [-0.05, 0) is 30.6 Å². The van der Waals surface area contributed by atoms with Crippen LogP contribution in [0.4, 0.5) is 0 Å². The van der Waals surface area contributed by atoms with E-state index in [-0.39, 0.29) is 32.6 Å². The summed E-state index contributed by atoms with van der Waals surface area (Å²) in [6.07, 6.45) is 21.2. The maximum absolute atomic E-state index is 12.5. The molecule has 0 aliphatic rings. The fourth-order valence-electron chi connectivity index (χ4n) is 5.01. The fourth-order valence-corrected chi connectivity index (χ4v) is 5.76. The highest BCUT2D eigenvalue weighted by atomic mass is 31.2. The molecule has 0 heterocycles. The quantitative estimate of drug-likeness (QED) is 0.0438. The lowest BCUT2D eigenvalue weighted by molar-refractivity contribution is -0.228. The Balaban J connectivity index is 4.28. The molecule has 0 radical (unpaired) electrons. The van der Waals surface area contributed by atoms with Crippen LogP contribution < -0.4 is 10.6 Å². The van der Waals surface area contributed by atoms with Crippen molar-refractivity contribution in [2.24, 2.45) is 17.1 Å². The Kier molecular flexibility index (Phi) is 27.4. The number of carbonyl (C=O) groups is 2. The number of unbranched alkanes of at least 4 members (excludes halogenated alkanes) is 14. The van der Waals surface area contributed by atoms with Crippen LogP contribution in [-0.2, 0) is 32.7 Å². The van der Waals surface area contributed by atoms with Crippen LogP contribution >= 0.6 is 7.82 Å². The monoisotopic (exact) mass is 662 g/mol. The zero-order valence-corrected chi connectivity index (χ0v) is 30.5. The van der Waals surface area contributed by atoms with Crippen LogP contribution in [0.2, 0.25) is 0 Å². The molecule has 0 aromatic heterocycles. The van der Waals surface area contributed by atoms with Crippen molar-refractivity contribution in [2.45, 2.75) is 176 Å². The van der Waals surface area contributed by atoms with Gasteiger partial charge in [-0.25, -0.2) is 0 Å². The van der Waals surface area contributed by atoms with Gasteiger partial charge in [0, 0.05) is 19.4 Å². The molecule has 9 nitrogen and oxygen atoms in total. The number of rotatable bonds is 31. The molecule has 0 saturated carbocycles. The van der Waals surface area contributed by atoms with Crippen LogP contribution in [-0.4, -0.2) is 44.4 Å². The molecule has 268 valence electrons. The van der Waals surface area contributed by atoms with E-state index in [1.807, 2.05) is 0 Å². The number of hydrogen-bond donors (Lipinski definition) is 1. The van der Waals surface area contributed by atoms with E-state index in [0.29, 0.717) is 11.8 Å². The zero-order valence-electron chi connectivity index (χ0n) is 29.6. The van der Waals surface area contributed by atoms with Crippen molar-refractivity contribution in [3.8, 4) is 0 Å². The van der Waals surface area contributed by atoms with E-state index in [2.05, 4.69) is 39.1 Å². The summed E-state index contributed by atoms with van der Waals surface area (Å²) < 4.78 is 32.2. The number of esters is 2. The third kappa shape index (κ3) is 31.4. The van der Waals surface area contributed by atoms with Gasteiger partial charge in [0.2, 0.25) is 0 Å². The first kappa shape index (κ1) is 44.0. The summed E-state index contributed by atoms with van der Waals surface area (Å²) in [5.41, 5.74) is 5.70. The molecule has 0 amide bonds. The second kappa shape index (κ2) is 28.1. The van der Waals surface area contributed by atoms with Crippen molar-refractivity contribution >= 4 is 19.8 Å². The summed E-state index contributed by atoms with van der Waals surface area (Å²) >= 11 is 0. The van der Waals surface area contributed by atoms with Gasteiger partial charge in [0.15, 0.2) is 6.10 Å². The van der Waals surface area contributed by atoms with E-state index < -0.39 is 32.5 Å². The molecule has 45 heavy (non-hydrogen) atoms. The molecule has 0 aromatic carbocycles. The van der Waals surface area contributed by atoms with E-state index in [1.165, 1.54) is 77.0 Å². The Labute approximate surface area is 276 Å². The van der Waals surface area contributed by atoms with Gasteiger partial charge in [-0.15, -0.1) is 0 Å². The van der Waals surface area contributed by atoms with E-state index in [4.69, 9.17) is 19.7 Å². The summed E-state index contributed by atoms with van der Waals surface area (Å²) in [5, 5.41) is 0. The zero-order chi connectivity index (χ0) is 33.8. The lowest BCUT2D eigenvalue weighted by Gasteiger charge is -2.25. The molecule has 3 atom stereocenters. The van der Waals surface area contributed by atoms with Crippen LogP contribution in [0.5, 0.6) is 0 Å². The van der Waals surface area contributed by atoms with Crippen molar-refractivity contribution in [1.82, 2.24) is 0 Å². The first-order valence-corrected chi connectivity index (χ1v) is 19.5. The minimum Gasteiger partial charge on any atom is -0.756 e. The molecule has 0 saturated heterocycles. The Morgan fingerprint density at radius 3 is 1.73 bits per heavy atom. The van der Waals surface area contributed by atoms with Gasteiger partial charge in [0.1, 0.15) is 6.61 Å². The Morgan fingerprint density at radius 2 is 1.22 bits per heavy atom. The molecule has 0 spiro atoms. The Hall–Kier alpha value is -0.990. The molecule has 0 aromatic rings. The van der Waals surface area contributed by atoms with Crippen LogP contribution in [0.1, 0.15) is 169 Å². The average molecular weight is 663 g/mol. The van der Waals surface area contributed by atoms with Gasteiger partial charge >= 0.3 is 11.9 Å². The highest BCUT2D eigenvalue weighted by molar-refractivity contribution is 7.45. The predicted octanol–water partition coefficient (Wildman–Crippen LogP) is 8.80. The summed E-state index contributed by atoms with van der Waals surface area (Å²) in [6.45, 7) is 10.4. The van der Waals surface area contributed by atoms with Crippen molar-refractivity contribution in [3.63, 3.8) is 0 Å². The third-order valence-electron chi connectivity index (χ3n) is 8.10. The van der Waals surface area contributed by atoms with Crippen molar-refractivity contribution in [2.75, 3.05) is 26.4 Å². The maximum Gasteiger partial charge on any atom is 0.306 e. The molecule has 0 aliphatic carbocycles. The largest absolute Gasteiger partial charge is 0.756 e. The molecule has 2 unspecified atom stereocenters. The molecular weight excluding hydrogens is 593 g/mol. The maximum atomic E-state index is 12.5. The summed E-state index contributed by atoms with van der Waals surface area (Å²) in [7, 11) is -4.61. The normalized spacial score (nSPS) is 14.6. The van der Waals surface area contributed by atoms with E-state index in [0.717, 1.165) is 44.4 Å². The molecule has 10 heteroatoms. The number of ether oxygens (including phenoxy) is 2. The summed E-state index contributed by atoms with van der Waals surface area (Å²) in [5.74, 6) is -0.0409. The van der Waals surface area contributed by atoms with E-state index in [1.54, 1.807) is 0 Å². The topological polar surface area (TPSA) is 137 Å². The second-order valence-electron chi connectivity index (χ2n) is 13.9. The Bertz CT molecular complexity index is 773. The summed E-state index contributed by atoms with van der Waals surface area (Å²) in [4.78, 5) is 36.7. The molecular formula is C35H69NO8P-. The van der Waals surface area contributed by atoms with Gasteiger partial charge in [-0.3, -0.25) is 14.2 Å². The number of phosphoric ester groups is 1. The van der Waals surface area contributed by atoms with Crippen molar-refractivity contribution in [3.05, 3.63) is 0 Å². The second-order valence-corrected chi connectivity index (χ2v) is 15.3. The number of nitrogens with two attached hydrogens (primary N) is 1. The number of carbonyl (C=O) groups excluding carboxylic acids is 2. The standard InChI is InChI=1S/C35H70NO8P/c1-6-31(2)23-19-15-11-7-8-12-16-20-24-33(37)41-29-32(30-43-45(39,40)42-28-27-36)44-34(38)25-21-17-13-9-10-14-18-22-26-35(3,4)5/h31-32H,6-30,36H2,1-5H3,(H,39,40)/p-1/t31?,32-/m0/s1. The van der Waals surface area contributed by atoms with Gasteiger partial charge in [-0.1, -0.05) is 137 Å². The van der Waals surface area contributed by atoms with Crippen LogP contribution in [0.15, 0.2) is 0 Å². The van der Waals surface area contributed by atoms with E-state index in [9.17, 15) is 19.0 Å². The van der Waals surface area contributed by atoms with Gasteiger partial charge in [0.25, 0.3) is 7.82 Å². The van der Waals surface area contributed by atoms with Gasteiger partial charge < -0.3 is 29.1 Å². The predicted molar refractivity (Wildman–Crippen MR) is 181 cm³/mol. The fraction of sp³-hybridized carbons (Fsp3) is 0.943. The molecule has 0 fully saturated rings. The van der Waals surface area contributed by atoms with Gasteiger partial charge in [-0.2, -0.15) is 0 Å². The number of hydrogen-bond acceptors (Lipinski definition) is 9. The Morgan fingerprint density at radius 1 is 0.733 bits per heavy atom. The summed E-state index contributed by atoms with van der Waals surface area (Å²) in [6, 6.07) is 0. The third-order valence-corrected chi connectivity index (χ3v) is 9.06. The first-order valence-electron chi connectivity index (χ1n) is 18.0. The van der Waals surface area contributed by atoms with Crippen LogP contribution in [0.3, 0.4) is 0 Å². The van der Waals surface area contributed by atoms with Gasteiger partial charge in [0.05, 0.1) is 13.2 Å². The first-order chi connectivity index (χ1) is 21.4.